The maximum Gasteiger partial charge on any atom is 0.326 e. The Morgan fingerprint density at radius 3 is 2.61 bits per heavy atom. The standard InChI is InChI=1S/C21H19Cl2N5O5/c22-14-4-3-12(8-15(14)23)28-6-5-27(20(31)16-9-18(29)26-21(32)25-16)11-17(28)19(30)24-10-13-2-1-7-33-13/h1-4,7-9,17H,5-6,10-11H2,(H,24,30)(H2,25,26,29,32)/t17-/m0/s1. The van der Waals surface area contributed by atoms with Crippen LogP contribution < -0.4 is 21.5 Å². The predicted octanol–water partition coefficient (Wildman–Crippen LogP) is 1.61. The molecule has 4 rings (SSSR count). The third kappa shape index (κ3) is 5.12. The molecule has 1 aliphatic rings. The van der Waals surface area contributed by atoms with Gasteiger partial charge in [-0.2, -0.15) is 0 Å². The first-order valence-corrected chi connectivity index (χ1v) is 10.7. The van der Waals surface area contributed by atoms with E-state index in [2.05, 4.69) is 10.3 Å². The maximum atomic E-state index is 13.1. The van der Waals surface area contributed by atoms with Crippen molar-refractivity contribution in [3.05, 3.63) is 85.0 Å². The first-order chi connectivity index (χ1) is 15.8. The number of halogens is 2. The molecule has 0 unspecified atom stereocenters. The summed E-state index contributed by atoms with van der Waals surface area (Å²) in [5.41, 5.74) is -0.960. The van der Waals surface area contributed by atoms with E-state index in [1.165, 1.54) is 11.2 Å². The Kier molecular flexibility index (Phi) is 6.57. The highest BCUT2D eigenvalue weighted by molar-refractivity contribution is 6.42. The molecule has 10 nitrogen and oxygen atoms in total. The molecule has 1 aromatic carbocycles. The normalized spacial score (nSPS) is 16.0. The van der Waals surface area contributed by atoms with Crippen LogP contribution in [0.1, 0.15) is 16.2 Å². The second kappa shape index (κ2) is 9.55. The molecule has 1 aliphatic heterocycles. The number of aromatic amines is 2. The fraction of sp³-hybridized carbons (Fsp3) is 0.238. The highest BCUT2D eigenvalue weighted by Crippen LogP contribution is 2.29. The smallest absolute Gasteiger partial charge is 0.326 e. The lowest BCUT2D eigenvalue weighted by atomic mass is 10.1. The van der Waals surface area contributed by atoms with Crippen LogP contribution in [0, 0.1) is 0 Å². The molecular formula is C21H19Cl2N5O5. The lowest BCUT2D eigenvalue weighted by Crippen LogP contribution is -2.60. The van der Waals surface area contributed by atoms with E-state index in [1.54, 1.807) is 30.3 Å². The Morgan fingerprint density at radius 1 is 1.09 bits per heavy atom. The summed E-state index contributed by atoms with van der Waals surface area (Å²) < 4.78 is 5.26. The minimum absolute atomic E-state index is 0.0118. The summed E-state index contributed by atoms with van der Waals surface area (Å²) in [7, 11) is 0. The summed E-state index contributed by atoms with van der Waals surface area (Å²) in [6.45, 7) is 0.733. The minimum atomic E-state index is -0.784. The largest absolute Gasteiger partial charge is 0.467 e. The zero-order valence-electron chi connectivity index (χ0n) is 17.1. The molecule has 0 bridgehead atoms. The van der Waals surface area contributed by atoms with E-state index in [0.717, 1.165) is 6.07 Å². The zero-order chi connectivity index (χ0) is 23.5. The number of nitrogens with one attached hydrogen (secondary N) is 3. The molecule has 0 saturated carbocycles. The van der Waals surface area contributed by atoms with Gasteiger partial charge in [-0.05, 0) is 30.3 Å². The van der Waals surface area contributed by atoms with Crippen LogP contribution in [0.4, 0.5) is 5.69 Å². The molecule has 1 saturated heterocycles. The van der Waals surface area contributed by atoms with Crippen LogP contribution >= 0.6 is 23.2 Å². The molecule has 1 fully saturated rings. The van der Waals surface area contributed by atoms with Gasteiger partial charge in [-0.15, -0.1) is 0 Å². The summed E-state index contributed by atoms with van der Waals surface area (Å²) in [6, 6.07) is 8.72. The molecule has 33 heavy (non-hydrogen) atoms. The first kappa shape index (κ1) is 22.7. The van der Waals surface area contributed by atoms with Crippen LogP contribution in [-0.4, -0.2) is 52.4 Å². The number of hydrogen-bond donors (Lipinski definition) is 3. The summed E-state index contributed by atoms with van der Waals surface area (Å²) >= 11 is 12.2. The van der Waals surface area contributed by atoms with E-state index >= 15 is 0 Å². The number of benzene rings is 1. The van der Waals surface area contributed by atoms with Gasteiger partial charge in [0.2, 0.25) is 5.91 Å². The average Bonchev–Trinajstić information content (AvgIpc) is 3.31. The van der Waals surface area contributed by atoms with E-state index in [1.807, 2.05) is 9.88 Å². The van der Waals surface area contributed by atoms with Crippen LogP contribution in [0.2, 0.25) is 10.0 Å². The molecule has 3 aromatic rings. The van der Waals surface area contributed by atoms with Crippen molar-refractivity contribution in [2.24, 2.45) is 0 Å². The second-order valence-electron chi connectivity index (χ2n) is 7.36. The zero-order valence-corrected chi connectivity index (χ0v) is 18.7. The van der Waals surface area contributed by atoms with Gasteiger partial charge < -0.3 is 24.5 Å². The molecule has 0 aliphatic carbocycles. The summed E-state index contributed by atoms with van der Waals surface area (Å²) in [4.78, 5) is 56.9. The van der Waals surface area contributed by atoms with Crippen molar-refractivity contribution in [3.8, 4) is 0 Å². The number of piperazine rings is 1. The SMILES string of the molecule is O=C(NCc1ccco1)[C@@H]1CN(C(=O)c2cc(=O)[nH]c(=O)[nH]2)CCN1c1ccc(Cl)c(Cl)c1. The van der Waals surface area contributed by atoms with E-state index < -0.39 is 23.2 Å². The Morgan fingerprint density at radius 2 is 1.91 bits per heavy atom. The predicted molar refractivity (Wildman–Crippen MR) is 122 cm³/mol. The highest BCUT2D eigenvalue weighted by atomic mass is 35.5. The number of amides is 2. The van der Waals surface area contributed by atoms with Crippen LogP contribution in [0.25, 0.3) is 0 Å². The lowest BCUT2D eigenvalue weighted by molar-refractivity contribution is -0.123. The van der Waals surface area contributed by atoms with Gasteiger partial charge in [-0.1, -0.05) is 23.2 Å². The van der Waals surface area contributed by atoms with Crippen LogP contribution in [0.5, 0.6) is 0 Å². The summed E-state index contributed by atoms with van der Waals surface area (Å²) in [5.74, 6) is -0.320. The molecular weight excluding hydrogens is 473 g/mol. The van der Waals surface area contributed by atoms with E-state index in [9.17, 15) is 19.2 Å². The van der Waals surface area contributed by atoms with Gasteiger partial charge in [0.25, 0.3) is 11.5 Å². The van der Waals surface area contributed by atoms with E-state index in [-0.39, 0.29) is 31.2 Å². The van der Waals surface area contributed by atoms with Crippen molar-refractivity contribution in [2.45, 2.75) is 12.6 Å². The number of aromatic nitrogens is 2. The molecule has 12 heteroatoms. The molecule has 172 valence electrons. The Balaban J connectivity index is 1.59. The van der Waals surface area contributed by atoms with E-state index in [4.69, 9.17) is 27.6 Å². The third-order valence-corrected chi connectivity index (χ3v) is 5.95. The van der Waals surface area contributed by atoms with Gasteiger partial charge >= 0.3 is 5.69 Å². The van der Waals surface area contributed by atoms with Gasteiger partial charge in [0.1, 0.15) is 17.5 Å². The molecule has 0 spiro atoms. The van der Waals surface area contributed by atoms with Gasteiger partial charge in [-0.25, -0.2) is 4.79 Å². The molecule has 3 N–H and O–H groups in total. The lowest BCUT2D eigenvalue weighted by Gasteiger charge is -2.41. The van der Waals surface area contributed by atoms with Crippen molar-refractivity contribution in [2.75, 3.05) is 24.5 Å². The van der Waals surface area contributed by atoms with Gasteiger partial charge in [0.05, 0.1) is 29.4 Å². The number of anilines is 1. The Hall–Kier alpha value is -3.50. The number of nitrogens with zero attached hydrogens (tertiary/aromatic N) is 2. The van der Waals surface area contributed by atoms with Gasteiger partial charge in [0, 0.05) is 24.8 Å². The molecule has 2 amide bonds. The maximum absolute atomic E-state index is 13.1. The average molecular weight is 492 g/mol. The van der Waals surface area contributed by atoms with E-state index in [0.29, 0.717) is 28.0 Å². The number of carbonyl (C=O) groups excluding carboxylic acids is 2. The van der Waals surface area contributed by atoms with Crippen molar-refractivity contribution in [3.63, 3.8) is 0 Å². The van der Waals surface area contributed by atoms with Gasteiger partial charge in [0.15, 0.2) is 0 Å². The molecule has 1 atom stereocenters. The highest BCUT2D eigenvalue weighted by Gasteiger charge is 2.35. The van der Waals surface area contributed by atoms with Gasteiger partial charge in [-0.3, -0.25) is 19.4 Å². The molecule has 0 radical (unpaired) electrons. The van der Waals surface area contributed by atoms with Crippen molar-refractivity contribution in [1.29, 1.82) is 0 Å². The quantitative estimate of drug-likeness (QED) is 0.496. The monoisotopic (exact) mass is 491 g/mol. The van der Waals surface area contributed by atoms with Crippen LogP contribution in [-0.2, 0) is 11.3 Å². The summed E-state index contributed by atoms with van der Waals surface area (Å²) in [6.07, 6.45) is 1.51. The number of furan rings is 1. The number of carbonyl (C=O) groups is 2. The summed E-state index contributed by atoms with van der Waals surface area (Å²) in [5, 5.41) is 3.53. The van der Waals surface area contributed by atoms with Crippen molar-refractivity contribution < 1.29 is 14.0 Å². The molecule has 2 aromatic heterocycles. The Bertz CT molecular complexity index is 1260. The first-order valence-electron chi connectivity index (χ1n) is 9.96. The number of rotatable bonds is 5. The molecule has 3 heterocycles. The Labute approximate surface area is 197 Å². The van der Waals surface area contributed by atoms with Crippen LogP contribution in [0.3, 0.4) is 0 Å². The van der Waals surface area contributed by atoms with Crippen LogP contribution in [0.15, 0.2) is 56.7 Å². The minimum Gasteiger partial charge on any atom is -0.467 e. The fourth-order valence-electron chi connectivity index (χ4n) is 3.62. The van der Waals surface area contributed by atoms with Crippen molar-refractivity contribution in [1.82, 2.24) is 20.2 Å². The number of H-pyrrole nitrogens is 2. The third-order valence-electron chi connectivity index (χ3n) is 5.21. The fourth-order valence-corrected chi connectivity index (χ4v) is 3.92. The topological polar surface area (TPSA) is 132 Å². The second-order valence-corrected chi connectivity index (χ2v) is 8.17. The van der Waals surface area contributed by atoms with Crippen molar-refractivity contribution >= 4 is 40.7 Å². The number of hydrogen-bond acceptors (Lipinski definition) is 6.